The van der Waals surface area contributed by atoms with Crippen molar-refractivity contribution >= 4 is 85.9 Å². The molecular formula is C46H49N11O13S2. The predicted octanol–water partition coefficient (Wildman–Crippen LogP) is 2.21. The Bertz CT molecular complexity index is 2990. The standard InChI is InChI=1S/C46H49N11O13S2/c1-21(51-40(61)24-8-10-25(11-9-24)49-15-26-16-50-39-33(52-26)41(62)55-43(47)54-39)5-14-31(58)53-29(42(63)64)20-71-72-27-12-6-23(7-13-27)18-70-45(66)57-30-17-56-34-32(36(60)37(67-3)22(2)35(34)59)28(19-69-44(48)65)46(56,68-4)38(30)57/h6-13,16,21,28-30,38,49H,5,14-15,17-20H2,1-4H3,(H2,48,65)(H,51,61)(H,53,58)(H,63,64)(H3,47,50,54,55,62)/t21-,28-,29+,30+,38+,46-,57?/m1/s1. The third-order valence-electron chi connectivity index (χ3n) is 12.6. The van der Waals surface area contributed by atoms with E-state index in [1.807, 2.05) is 0 Å². The van der Waals surface area contributed by atoms with Crippen molar-refractivity contribution in [3.05, 3.63) is 105 Å². The van der Waals surface area contributed by atoms with Crippen molar-refractivity contribution in [3.63, 3.8) is 0 Å². The van der Waals surface area contributed by atoms with E-state index < -0.39 is 83.6 Å². The Kier molecular flexibility index (Phi) is 14.7. The number of carboxylic acids is 1. The van der Waals surface area contributed by atoms with Gasteiger partial charge in [0, 0.05) is 59.2 Å². The number of nitrogens with one attached hydrogen (secondary N) is 4. The van der Waals surface area contributed by atoms with Gasteiger partial charge in [0.15, 0.2) is 22.6 Å². The lowest BCUT2D eigenvalue weighted by Crippen LogP contribution is -2.56. The third-order valence-corrected chi connectivity index (χ3v) is 15.0. The fourth-order valence-corrected chi connectivity index (χ4v) is 11.3. The van der Waals surface area contributed by atoms with Crippen LogP contribution in [0.3, 0.4) is 0 Å². The number of carbonyl (C=O) groups excluding carboxylic acids is 6. The first-order valence-electron chi connectivity index (χ1n) is 22.3. The van der Waals surface area contributed by atoms with Crippen LogP contribution < -0.4 is 33.0 Å². The number of allylic oxidation sites excluding steroid dienone is 2. The lowest BCUT2D eigenvalue weighted by Gasteiger charge is -2.40. The lowest BCUT2D eigenvalue weighted by atomic mass is 9.83. The number of methoxy groups -OCH3 is 2. The number of nitrogen functional groups attached to an aromatic ring is 1. The van der Waals surface area contributed by atoms with Crippen LogP contribution in [0.5, 0.6) is 0 Å². The van der Waals surface area contributed by atoms with E-state index in [0.717, 1.165) is 4.90 Å². The zero-order valence-electron chi connectivity index (χ0n) is 39.1. The zero-order valence-corrected chi connectivity index (χ0v) is 40.7. The number of nitrogens with two attached hydrogens (primary N) is 2. The number of ketones is 2. The summed E-state index contributed by atoms with van der Waals surface area (Å²) in [6.45, 7) is 3.13. The molecule has 378 valence electrons. The van der Waals surface area contributed by atoms with Crippen molar-refractivity contribution in [3.8, 4) is 0 Å². The predicted molar refractivity (Wildman–Crippen MR) is 258 cm³/mol. The van der Waals surface area contributed by atoms with Crippen LogP contribution in [0, 0.1) is 5.92 Å². The Balaban J connectivity index is 0.753. The Morgan fingerprint density at radius 3 is 2.42 bits per heavy atom. The van der Waals surface area contributed by atoms with Crippen LogP contribution in [0.1, 0.15) is 48.3 Å². The van der Waals surface area contributed by atoms with Gasteiger partial charge in [0.1, 0.15) is 25.3 Å². The summed E-state index contributed by atoms with van der Waals surface area (Å²) in [6.07, 6.45) is -0.0514. The van der Waals surface area contributed by atoms with Gasteiger partial charge in [-0.15, -0.1) is 0 Å². The molecule has 4 amide bonds. The van der Waals surface area contributed by atoms with Gasteiger partial charge >= 0.3 is 18.2 Å². The smallest absolute Gasteiger partial charge is 0.410 e. The fourth-order valence-electron chi connectivity index (χ4n) is 9.12. The Morgan fingerprint density at radius 2 is 1.74 bits per heavy atom. The number of anilines is 2. The lowest BCUT2D eigenvalue weighted by molar-refractivity contribution is -0.144. The average molecular weight is 1030 g/mol. The second kappa shape index (κ2) is 20.9. The van der Waals surface area contributed by atoms with E-state index in [4.69, 9.17) is 30.4 Å². The van der Waals surface area contributed by atoms with Crippen molar-refractivity contribution in [1.29, 1.82) is 0 Å². The number of hydrogen-bond acceptors (Lipinski definition) is 20. The minimum atomic E-state index is -1.44. The summed E-state index contributed by atoms with van der Waals surface area (Å²) in [6, 6.07) is 11.0. The Labute approximate surface area is 417 Å². The molecule has 0 spiro atoms. The van der Waals surface area contributed by atoms with E-state index in [2.05, 4.69) is 35.9 Å². The van der Waals surface area contributed by atoms with Gasteiger partial charge in [-0.2, -0.15) is 4.98 Å². The van der Waals surface area contributed by atoms with Crippen LogP contribution >= 0.6 is 21.6 Å². The summed E-state index contributed by atoms with van der Waals surface area (Å²) >= 11 is 0. The molecule has 0 radical (unpaired) electrons. The monoisotopic (exact) mass is 1030 g/mol. The molecule has 2 saturated heterocycles. The summed E-state index contributed by atoms with van der Waals surface area (Å²) < 4.78 is 22.2. The number of piperazine rings is 1. The molecule has 0 unspecified atom stereocenters. The molecule has 4 aliphatic rings. The highest BCUT2D eigenvalue weighted by molar-refractivity contribution is 8.76. The largest absolute Gasteiger partial charge is 0.492 e. The number of aliphatic carboxylic acids is 1. The number of benzene rings is 2. The second-order valence-electron chi connectivity index (χ2n) is 17.1. The van der Waals surface area contributed by atoms with Crippen LogP contribution in [0.15, 0.2) is 87.0 Å². The summed E-state index contributed by atoms with van der Waals surface area (Å²) in [4.78, 5) is 121. The van der Waals surface area contributed by atoms with Crippen molar-refractivity contribution < 1.29 is 57.6 Å². The summed E-state index contributed by atoms with van der Waals surface area (Å²) in [7, 11) is 5.20. The number of rotatable bonds is 20. The van der Waals surface area contributed by atoms with E-state index in [0.29, 0.717) is 22.5 Å². The second-order valence-corrected chi connectivity index (χ2v) is 19.5. The maximum atomic E-state index is 13.7. The molecular weight excluding hydrogens is 979 g/mol. The molecule has 26 heteroatoms. The van der Waals surface area contributed by atoms with Crippen LogP contribution in [0.4, 0.5) is 21.2 Å². The normalized spacial score (nSPS) is 20.6. The number of amides is 4. The number of Topliss-reactive ketones (excluding diaryl/α,β-unsaturated/α-hetero) is 2. The number of primary amides is 1. The molecule has 8 rings (SSSR count). The molecule has 24 nitrogen and oxygen atoms in total. The van der Waals surface area contributed by atoms with E-state index >= 15 is 0 Å². The molecule has 3 aliphatic heterocycles. The van der Waals surface area contributed by atoms with E-state index in [9.17, 15) is 43.5 Å². The van der Waals surface area contributed by atoms with Gasteiger partial charge in [-0.3, -0.25) is 33.9 Å². The maximum Gasteiger partial charge on any atom is 0.410 e. The molecule has 0 saturated carbocycles. The first-order chi connectivity index (χ1) is 34.4. The summed E-state index contributed by atoms with van der Waals surface area (Å²) in [5.41, 5.74) is 11.6. The molecule has 5 heterocycles. The molecule has 2 fully saturated rings. The number of carboxylic acid groups (broad SMARTS) is 1. The Hall–Kier alpha value is -7.71. The fraction of sp³-hybridized carbons (Fsp3) is 0.370. The first kappa shape index (κ1) is 50.7. The van der Waals surface area contributed by atoms with Gasteiger partial charge in [0.25, 0.3) is 11.5 Å². The summed E-state index contributed by atoms with van der Waals surface area (Å²) in [5, 5.41) is 18.4. The average Bonchev–Trinajstić information content (AvgIpc) is 3.87. The highest BCUT2D eigenvalue weighted by Crippen LogP contribution is 2.60. The number of aromatic amines is 1. The van der Waals surface area contributed by atoms with Gasteiger partial charge in [-0.1, -0.05) is 33.7 Å². The highest BCUT2D eigenvalue weighted by Gasteiger charge is 2.78. The molecule has 72 heavy (non-hydrogen) atoms. The number of H-pyrrole nitrogens is 1. The van der Waals surface area contributed by atoms with E-state index in [-0.39, 0.29) is 83.9 Å². The minimum Gasteiger partial charge on any atom is -0.492 e. The molecule has 6 atom stereocenters. The van der Waals surface area contributed by atoms with Crippen LogP contribution in [0.25, 0.3) is 11.2 Å². The number of fused-ring (bicyclic) bond motifs is 5. The van der Waals surface area contributed by atoms with Gasteiger partial charge in [0.2, 0.25) is 23.4 Å². The van der Waals surface area contributed by atoms with E-state index in [1.165, 1.54) is 53.8 Å². The van der Waals surface area contributed by atoms with Crippen molar-refractivity contribution in [2.24, 2.45) is 11.7 Å². The maximum absolute atomic E-state index is 13.7. The highest BCUT2D eigenvalue weighted by atomic mass is 33.1. The van der Waals surface area contributed by atoms with Crippen molar-refractivity contribution in [2.45, 2.75) is 74.6 Å². The number of aromatic nitrogens is 4. The molecule has 0 bridgehead atoms. The summed E-state index contributed by atoms with van der Waals surface area (Å²) in [5.74, 6) is -4.17. The topological polar surface area (TPSA) is 343 Å². The number of hydrogen-bond donors (Lipinski definition) is 7. The number of ether oxygens (including phenoxy) is 4. The van der Waals surface area contributed by atoms with Crippen molar-refractivity contribution in [1.82, 2.24) is 40.4 Å². The number of nitrogens with zero attached hydrogens (tertiary/aromatic N) is 5. The Morgan fingerprint density at radius 1 is 1.00 bits per heavy atom. The van der Waals surface area contributed by atoms with E-state index in [1.54, 1.807) is 60.4 Å². The van der Waals surface area contributed by atoms with Gasteiger partial charge in [-0.05, 0) is 62.2 Å². The van der Waals surface area contributed by atoms with Crippen molar-refractivity contribution in [2.75, 3.05) is 44.2 Å². The van der Waals surface area contributed by atoms with Gasteiger partial charge in [-0.25, -0.2) is 24.4 Å². The van der Waals surface area contributed by atoms with Gasteiger partial charge < -0.3 is 56.4 Å². The minimum absolute atomic E-state index is 0.0315. The van der Waals surface area contributed by atoms with Crippen LogP contribution in [-0.2, 0) is 51.3 Å². The molecule has 4 aromatic rings. The molecule has 2 aromatic carbocycles. The van der Waals surface area contributed by atoms with Crippen LogP contribution in [-0.4, -0.2) is 139 Å². The van der Waals surface area contributed by atoms with Gasteiger partial charge in [0.05, 0.1) is 43.2 Å². The molecule has 1 aliphatic carbocycles. The molecule has 9 N–H and O–H groups in total. The SMILES string of the molecule is COC1=C(C)C(=O)C2=C(C1=O)[C@@H](COC(N)=O)[C@@]1(OC)[C@@H]3[C@H](CN21)N3C(=O)OCc1ccc(SSC[C@H](NC(=O)CC[C@@H](C)NC(=O)c2ccc(NCc3cnc4nc(N)[nH]c(=O)c4n3)cc2)C(=O)O)cc1. The molecule has 2 aromatic heterocycles. The zero-order chi connectivity index (χ0) is 51.6. The first-order valence-corrected chi connectivity index (χ1v) is 24.6. The number of carbonyl (C=O) groups is 7. The third kappa shape index (κ3) is 10.1. The quantitative estimate of drug-likeness (QED) is 0.0379. The van der Waals surface area contributed by atoms with Crippen LogP contribution in [0.2, 0.25) is 0 Å².